The van der Waals surface area contributed by atoms with E-state index in [1.54, 1.807) is 19.1 Å². The molecule has 1 amide bonds. The van der Waals surface area contributed by atoms with Gasteiger partial charge in [0.15, 0.2) is 0 Å². The van der Waals surface area contributed by atoms with Gasteiger partial charge in [-0.2, -0.15) is 0 Å². The summed E-state index contributed by atoms with van der Waals surface area (Å²) in [6.45, 7) is 3.43. The number of carbonyl (C=O) groups is 2. The van der Waals surface area contributed by atoms with Crippen LogP contribution < -0.4 is 11.1 Å². The van der Waals surface area contributed by atoms with Crippen LogP contribution >= 0.6 is 0 Å². The van der Waals surface area contributed by atoms with Crippen molar-refractivity contribution in [3.8, 4) is 0 Å². The number of benzene rings is 1. The molecule has 0 spiro atoms. The van der Waals surface area contributed by atoms with E-state index in [1.807, 2.05) is 12.1 Å². The van der Waals surface area contributed by atoms with Crippen LogP contribution in [0.1, 0.15) is 19.4 Å². The number of carbonyl (C=O) groups excluding carboxylic acids is 2. The lowest BCUT2D eigenvalue weighted by Gasteiger charge is -2.18. The maximum atomic E-state index is 11.4. The fraction of sp³-hybridized carbons (Fsp3) is 0.429. The van der Waals surface area contributed by atoms with Crippen LogP contribution in [0.2, 0.25) is 0 Å². The average Bonchev–Trinajstić information content (AvgIpc) is 2.39. The molecule has 0 aliphatic carbocycles. The van der Waals surface area contributed by atoms with Gasteiger partial charge in [-0.3, -0.25) is 4.79 Å². The number of hydrogen-bond donors (Lipinski definition) is 2. The van der Waals surface area contributed by atoms with Crippen molar-refractivity contribution in [3.63, 3.8) is 0 Å². The molecule has 110 valence electrons. The molecule has 1 aromatic rings. The van der Waals surface area contributed by atoms with E-state index in [4.69, 9.17) is 15.2 Å². The standard InChI is InChI=1S/C14H20N2O4/c1-3-19-14(18)16-13(9-20-10(2)17)8-11-4-6-12(15)7-5-11/h4-7,13H,3,8-9,15H2,1-2H3,(H,16,18)/t13-/m0/s1. The highest BCUT2D eigenvalue weighted by Gasteiger charge is 2.15. The Bertz CT molecular complexity index is 445. The van der Waals surface area contributed by atoms with Crippen molar-refractivity contribution in [1.82, 2.24) is 5.32 Å². The number of alkyl carbamates (subject to hydrolysis) is 1. The lowest BCUT2D eigenvalue weighted by Crippen LogP contribution is -2.40. The summed E-state index contributed by atoms with van der Waals surface area (Å²) in [5.74, 6) is -0.391. The Morgan fingerprint density at radius 3 is 2.45 bits per heavy atom. The first kappa shape index (κ1) is 15.8. The van der Waals surface area contributed by atoms with Gasteiger partial charge in [-0.15, -0.1) is 0 Å². The van der Waals surface area contributed by atoms with Gasteiger partial charge in [-0.05, 0) is 31.0 Å². The molecule has 0 aromatic heterocycles. The van der Waals surface area contributed by atoms with E-state index in [2.05, 4.69) is 5.32 Å². The molecule has 0 aliphatic rings. The number of hydrogen-bond acceptors (Lipinski definition) is 5. The molecule has 1 aromatic carbocycles. The summed E-state index contributed by atoms with van der Waals surface area (Å²) in [6, 6.07) is 6.94. The summed E-state index contributed by atoms with van der Waals surface area (Å²) in [5.41, 5.74) is 7.27. The highest BCUT2D eigenvalue weighted by Crippen LogP contribution is 2.08. The Hall–Kier alpha value is -2.24. The van der Waals surface area contributed by atoms with Crippen LogP contribution in [0.4, 0.5) is 10.5 Å². The summed E-state index contributed by atoms with van der Waals surface area (Å²) in [5, 5.41) is 2.67. The van der Waals surface area contributed by atoms with Crippen LogP contribution in [0.3, 0.4) is 0 Å². The third-order valence-electron chi connectivity index (χ3n) is 2.55. The van der Waals surface area contributed by atoms with E-state index in [1.165, 1.54) is 6.92 Å². The van der Waals surface area contributed by atoms with E-state index >= 15 is 0 Å². The number of nitrogens with one attached hydrogen (secondary N) is 1. The zero-order valence-electron chi connectivity index (χ0n) is 11.7. The Balaban J connectivity index is 2.63. The molecule has 20 heavy (non-hydrogen) atoms. The Labute approximate surface area is 118 Å². The van der Waals surface area contributed by atoms with Gasteiger partial charge in [0.2, 0.25) is 0 Å². The second-order valence-corrected chi connectivity index (χ2v) is 4.31. The SMILES string of the molecule is CCOC(=O)N[C@H](COC(C)=O)Cc1ccc(N)cc1. The Kier molecular flexibility index (Phi) is 6.36. The average molecular weight is 280 g/mol. The van der Waals surface area contributed by atoms with E-state index in [0.717, 1.165) is 5.56 Å². The maximum absolute atomic E-state index is 11.4. The molecule has 0 saturated heterocycles. The molecular formula is C14H20N2O4. The highest BCUT2D eigenvalue weighted by molar-refractivity contribution is 5.68. The van der Waals surface area contributed by atoms with Crippen LogP contribution in [0.25, 0.3) is 0 Å². The maximum Gasteiger partial charge on any atom is 0.407 e. The molecule has 3 N–H and O–H groups in total. The van der Waals surface area contributed by atoms with Crippen molar-refractivity contribution in [2.75, 3.05) is 18.9 Å². The van der Waals surface area contributed by atoms with Gasteiger partial charge < -0.3 is 20.5 Å². The molecule has 0 saturated carbocycles. The van der Waals surface area contributed by atoms with Crippen LogP contribution in [-0.4, -0.2) is 31.3 Å². The lowest BCUT2D eigenvalue weighted by molar-refractivity contribution is -0.141. The number of amides is 1. The monoisotopic (exact) mass is 280 g/mol. The van der Waals surface area contributed by atoms with Gasteiger partial charge in [0.1, 0.15) is 6.61 Å². The van der Waals surface area contributed by atoms with Gasteiger partial charge in [0, 0.05) is 12.6 Å². The number of rotatable bonds is 6. The van der Waals surface area contributed by atoms with E-state index in [-0.39, 0.29) is 19.3 Å². The molecule has 0 bridgehead atoms. The Morgan fingerprint density at radius 2 is 1.90 bits per heavy atom. The second kappa shape index (κ2) is 8.04. The fourth-order valence-corrected chi connectivity index (χ4v) is 1.65. The summed E-state index contributed by atoms with van der Waals surface area (Å²) in [6.07, 6.45) is -0.00748. The predicted molar refractivity (Wildman–Crippen MR) is 75.1 cm³/mol. The summed E-state index contributed by atoms with van der Waals surface area (Å²) < 4.78 is 9.77. The molecule has 0 aliphatic heterocycles. The third kappa shape index (κ3) is 6.08. The first-order valence-electron chi connectivity index (χ1n) is 6.42. The number of nitrogen functional groups attached to an aromatic ring is 1. The van der Waals surface area contributed by atoms with Crippen molar-refractivity contribution < 1.29 is 19.1 Å². The van der Waals surface area contributed by atoms with Crippen LogP contribution in [0, 0.1) is 0 Å². The summed E-state index contributed by atoms with van der Waals surface area (Å²) >= 11 is 0. The van der Waals surface area contributed by atoms with Crippen molar-refractivity contribution in [2.24, 2.45) is 0 Å². The number of nitrogens with two attached hydrogens (primary N) is 1. The van der Waals surface area contributed by atoms with Gasteiger partial charge >= 0.3 is 12.1 Å². The molecule has 1 rings (SSSR count). The van der Waals surface area contributed by atoms with Gasteiger partial charge in [-0.25, -0.2) is 4.79 Å². The third-order valence-corrected chi connectivity index (χ3v) is 2.55. The lowest BCUT2D eigenvalue weighted by atomic mass is 10.1. The van der Waals surface area contributed by atoms with E-state index < -0.39 is 12.1 Å². The largest absolute Gasteiger partial charge is 0.464 e. The van der Waals surface area contributed by atoms with Crippen molar-refractivity contribution >= 4 is 17.7 Å². The smallest absolute Gasteiger partial charge is 0.407 e. The number of esters is 1. The fourth-order valence-electron chi connectivity index (χ4n) is 1.65. The van der Waals surface area contributed by atoms with Crippen molar-refractivity contribution in [1.29, 1.82) is 0 Å². The van der Waals surface area contributed by atoms with Gasteiger partial charge in [0.25, 0.3) is 0 Å². The minimum Gasteiger partial charge on any atom is -0.464 e. The minimum atomic E-state index is -0.528. The van der Waals surface area contributed by atoms with Crippen LogP contribution in [-0.2, 0) is 20.7 Å². The number of ether oxygens (including phenoxy) is 2. The normalized spacial score (nSPS) is 11.5. The highest BCUT2D eigenvalue weighted by atomic mass is 16.6. The first-order valence-corrected chi connectivity index (χ1v) is 6.42. The summed E-state index contributed by atoms with van der Waals surface area (Å²) in [7, 11) is 0. The molecule has 0 unspecified atom stereocenters. The predicted octanol–water partition coefficient (Wildman–Crippen LogP) is 1.49. The second-order valence-electron chi connectivity index (χ2n) is 4.31. The van der Waals surface area contributed by atoms with Crippen LogP contribution in [0.5, 0.6) is 0 Å². The molecule has 1 atom stereocenters. The molecule has 0 fully saturated rings. The topological polar surface area (TPSA) is 90.6 Å². The van der Waals surface area contributed by atoms with E-state index in [9.17, 15) is 9.59 Å². The minimum absolute atomic E-state index is 0.0958. The van der Waals surface area contributed by atoms with E-state index in [0.29, 0.717) is 12.1 Å². The first-order chi connectivity index (χ1) is 9.51. The summed E-state index contributed by atoms with van der Waals surface area (Å²) in [4.78, 5) is 22.3. The Morgan fingerprint density at radius 1 is 1.25 bits per heavy atom. The number of anilines is 1. The van der Waals surface area contributed by atoms with Crippen molar-refractivity contribution in [3.05, 3.63) is 29.8 Å². The quantitative estimate of drug-likeness (QED) is 0.608. The van der Waals surface area contributed by atoms with Crippen molar-refractivity contribution in [2.45, 2.75) is 26.3 Å². The zero-order valence-corrected chi connectivity index (χ0v) is 11.7. The van der Waals surface area contributed by atoms with Crippen LogP contribution in [0.15, 0.2) is 24.3 Å². The molecule has 6 nitrogen and oxygen atoms in total. The molecule has 0 heterocycles. The van der Waals surface area contributed by atoms with Gasteiger partial charge in [0.05, 0.1) is 12.6 Å². The molecular weight excluding hydrogens is 260 g/mol. The molecule has 6 heteroatoms. The zero-order chi connectivity index (χ0) is 15.0. The van der Waals surface area contributed by atoms with Gasteiger partial charge in [-0.1, -0.05) is 12.1 Å². The molecule has 0 radical (unpaired) electrons.